The predicted octanol–water partition coefficient (Wildman–Crippen LogP) is 6.72. The largest absolute Gasteiger partial charge is 0.562 e. The Balaban J connectivity index is 1.62. The average molecular weight is 645 g/mol. The van der Waals surface area contributed by atoms with Crippen LogP contribution >= 0.6 is 0 Å². The molecule has 11 heteroatoms. The van der Waals surface area contributed by atoms with Crippen LogP contribution in [-0.4, -0.2) is 42.7 Å². The third-order valence-corrected chi connectivity index (χ3v) is 13.2. The van der Waals surface area contributed by atoms with E-state index in [1.807, 2.05) is 6.92 Å². The van der Waals surface area contributed by atoms with Crippen molar-refractivity contribution in [3.63, 3.8) is 0 Å². The molecule has 0 saturated heterocycles. The van der Waals surface area contributed by atoms with Gasteiger partial charge in [0.15, 0.2) is 11.6 Å². The lowest BCUT2D eigenvalue weighted by atomic mass is 9.34. The van der Waals surface area contributed by atoms with E-state index < -0.39 is 63.5 Å². The van der Waals surface area contributed by atoms with Crippen molar-refractivity contribution in [2.75, 3.05) is 13.1 Å². The number of hydrogen-bond donors (Lipinski definition) is 1. The minimum absolute atomic E-state index is 0.0258. The molecule has 5 rings (SSSR count). The van der Waals surface area contributed by atoms with Gasteiger partial charge in [-0.3, -0.25) is 19.2 Å². The van der Waals surface area contributed by atoms with Crippen molar-refractivity contribution in [3.05, 3.63) is 28.8 Å². The third-order valence-electron chi connectivity index (χ3n) is 13.2. The van der Waals surface area contributed by atoms with Crippen LogP contribution in [0.1, 0.15) is 93.4 Å². The Hall–Kier alpha value is -3.00. The van der Waals surface area contributed by atoms with Gasteiger partial charge in [0, 0.05) is 23.7 Å². The maximum absolute atomic E-state index is 14.6. The first-order chi connectivity index (χ1) is 21.1. The van der Waals surface area contributed by atoms with E-state index in [1.54, 1.807) is 19.1 Å². The number of nitrogens with one attached hydrogen (secondary N) is 1. The molecule has 0 spiro atoms. The number of rotatable bonds is 5. The van der Waals surface area contributed by atoms with E-state index in [0.717, 1.165) is 5.57 Å². The van der Waals surface area contributed by atoms with Crippen LogP contribution in [0.25, 0.3) is 5.48 Å². The lowest BCUT2D eigenvalue weighted by Crippen LogP contribution is -2.67. The molecule has 0 heterocycles. The summed E-state index contributed by atoms with van der Waals surface area (Å²) in [5.41, 5.74) is 0.222. The van der Waals surface area contributed by atoms with Crippen molar-refractivity contribution < 1.29 is 37.2 Å². The fourth-order valence-corrected chi connectivity index (χ4v) is 10.7. The summed E-state index contributed by atoms with van der Waals surface area (Å²) < 4.78 is 39.6. The molecule has 0 aromatic heterocycles. The highest BCUT2D eigenvalue weighted by Gasteiger charge is 2.71. The van der Waals surface area contributed by atoms with E-state index >= 15 is 0 Å². The summed E-state index contributed by atoms with van der Waals surface area (Å²) in [5, 5.41) is 12.3. The zero-order chi connectivity index (χ0) is 34.3. The SMILES string of the molecule is CC(=O)O[N-]C[C@]1(C)C(=O)C(C#N)=C[C@]2(C)C3=CC(=O)C4C5CC(C)(C)CC[C@]5(C(=O)NCC(F)(F)F)CC[C@@]4(C)[C@]3(C)CCC21. The first-order valence-electron chi connectivity index (χ1n) is 16.2. The van der Waals surface area contributed by atoms with Gasteiger partial charge in [0.2, 0.25) is 5.91 Å². The van der Waals surface area contributed by atoms with E-state index in [1.165, 1.54) is 6.92 Å². The molecule has 1 amide bonds. The number of hydroxylamine groups is 1. The first kappa shape index (κ1) is 34.3. The van der Waals surface area contributed by atoms with Gasteiger partial charge < -0.3 is 15.6 Å². The summed E-state index contributed by atoms with van der Waals surface area (Å²) in [5.74, 6) is -3.13. The number of amides is 1. The van der Waals surface area contributed by atoms with Crippen LogP contribution in [0.4, 0.5) is 13.2 Å². The number of fused-ring (bicyclic) bond motifs is 7. The molecule has 0 aliphatic heterocycles. The van der Waals surface area contributed by atoms with E-state index in [2.05, 4.69) is 44.6 Å². The van der Waals surface area contributed by atoms with Gasteiger partial charge in [0.05, 0.1) is 11.0 Å². The summed E-state index contributed by atoms with van der Waals surface area (Å²) in [4.78, 5) is 58.4. The van der Waals surface area contributed by atoms with Crippen LogP contribution in [0, 0.1) is 61.6 Å². The summed E-state index contributed by atoms with van der Waals surface area (Å²) in [6.07, 6.45) is 2.50. The van der Waals surface area contributed by atoms with Gasteiger partial charge >= 0.3 is 6.18 Å². The van der Waals surface area contributed by atoms with E-state index in [0.29, 0.717) is 44.9 Å². The molecule has 0 aromatic rings. The molecule has 1 N–H and O–H groups in total. The average Bonchev–Trinajstić information content (AvgIpc) is 2.94. The second kappa shape index (κ2) is 10.8. The van der Waals surface area contributed by atoms with Crippen LogP contribution in [0.3, 0.4) is 0 Å². The maximum Gasteiger partial charge on any atom is 0.405 e. The lowest BCUT2D eigenvalue weighted by molar-refractivity contribution is -0.181. The van der Waals surface area contributed by atoms with E-state index in [9.17, 15) is 37.6 Å². The van der Waals surface area contributed by atoms with Crippen LogP contribution in [0.2, 0.25) is 0 Å². The smallest absolute Gasteiger partial charge is 0.405 e. The molecule has 3 saturated carbocycles. The maximum atomic E-state index is 14.6. The number of nitrogens with zero attached hydrogens (tertiary/aromatic N) is 2. The van der Waals surface area contributed by atoms with Gasteiger partial charge in [-0.2, -0.15) is 18.4 Å². The van der Waals surface area contributed by atoms with Gasteiger partial charge in [0.1, 0.15) is 12.6 Å². The Morgan fingerprint density at radius 1 is 1.07 bits per heavy atom. The Kier molecular flexibility index (Phi) is 8.03. The molecule has 46 heavy (non-hydrogen) atoms. The van der Waals surface area contributed by atoms with Crippen molar-refractivity contribution in [2.45, 2.75) is 99.6 Å². The minimum atomic E-state index is -4.55. The molecule has 8 atom stereocenters. The first-order valence-corrected chi connectivity index (χ1v) is 16.2. The molecule has 252 valence electrons. The monoisotopic (exact) mass is 644 g/mol. The van der Waals surface area contributed by atoms with Crippen LogP contribution in [0.5, 0.6) is 0 Å². The highest BCUT2D eigenvalue weighted by molar-refractivity contribution is 6.05. The number of alkyl halides is 3. The van der Waals surface area contributed by atoms with Crippen LogP contribution < -0.4 is 5.32 Å². The number of ketones is 2. The lowest BCUT2D eigenvalue weighted by Gasteiger charge is -2.69. The van der Waals surface area contributed by atoms with Crippen LogP contribution in [0.15, 0.2) is 23.3 Å². The third kappa shape index (κ3) is 4.96. The second-order valence-electron chi connectivity index (χ2n) is 16.3. The Morgan fingerprint density at radius 3 is 2.33 bits per heavy atom. The molecule has 0 bridgehead atoms. The molecular weight excluding hydrogens is 599 g/mol. The number of halogens is 3. The Bertz CT molecular complexity index is 1480. The summed E-state index contributed by atoms with van der Waals surface area (Å²) >= 11 is 0. The standard InChI is InChI=1S/C35H45F3N3O5/c1-20(42)46-41-18-31(5)24-8-9-32(6)25(30(24,4)15-21(17-39)27(31)44)14-23(43)26-22-16-29(2,3)10-12-34(22,13-11-33(26,32)7)28(45)40-19-35(36,37)38/h14-15,22,24,26H,8-13,16,18-19H2,1-7H3,(H,40,45)/q-1/t22?,24?,26?,30-,31-,32+,33+,34-/m0/s1. The van der Waals surface area contributed by atoms with Crippen molar-refractivity contribution in [1.29, 1.82) is 5.26 Å². The number of hydrogen-bond acceptors (Lipinski definition) is 6. The molecule has 3 fully saturated rings. The van der Waals surface area contributed by atoms with Gasteiger partial charge in [-0.1, -0.05) is 53.2 Å². The van der Waals surface area contributed by atoms with Gasteiger partial charge in [-0.25, -0.2) is 0 Å². The number of nitriles is 1. The zero-order valence-electron chi connectivity index (χ0n) is 27.8. The molecule has 3 unspecified atom stereocenters. The minimum Gasteiger partial charge on any atom is -0.562 e. The summed E-state index contributed by atoms with van der Waals surface area (Å²) in [7, 11) is 0. The van der Waals surface area contributed by atoms with E-state index in [4.69, 9.17) is 4.84 Å². The molecule has 8 nitrogen and oxygen atoms in total. The highest BCUT2D eigenvalue weighted by atomic mass is 19.4. The second-order valence-corrected chi connectivity index (χ2v) is 16.3. The quantitative estimate of drug-likeness (QED) is 0.331. The highest BCUT2D eigenvalue weighted by Crippen LogP contribution is 2.74. The molecule has 5 aliphatic rings. The Morgan fingerprint density at radius 2 is 1.72 bits per heavy atom. The number of carbonyl (C=O) groups is 4. The van der Waals surface area contributed by atoms with Gasteiger partial charge in [0.25, 0.3) is 5.97 Å². The molecule has 5 aliphatic carbocycles. The number of allylic oxidation sites excluding steroid dienone is 4. The van der Waals surface area contributed by atoms with Gasteiger partial charge in [-0.05, 0) is 79.1 Å². The zero-order valence-corrected chi connectivity index (χ0v) is 27.8. The summed E-state index contributed by atoms with van der Waals surface area (Å²) in [6.45, 7) is 11.8. The fraction of sp³-hybridized carbons (Fsp3) is 0.743. The number of Topliss-reactive ketones (excluding diaryl/α,β-unsaturated/α-hetero) is 1. The van der Waals surface area contributed by atoms with Crippen molar-refractivity contribution in [2.24, 2.45) is 50.2 Å². The van der Waals surface area contributed by atoms with E-state index in [-0.39, 0.29) is 35.0 Å². The van der Waals surface area contributed by atoms with Crippen LogP contribution in [-0.2, 0) is 24.0 Å². The molecular formula is C35H45F3N3O5-. The van der Waals surface area contributed by atoms with Crippen molar-refractivity contribution >= 4 is 23.4 Å². The van der Waals surface area contributed by atoms with Crippen molar-refractivity contribution in [1.82, 2.24) is 5.32 Å². The summed E-state index contributed by atoms with van der Waals surface area (Å²) in [6, 6.07) is 2.06. The normalized spacial score (nSPS) is 41.4. The fourth-order valence-electron chi connectivity index (χ4n) is 10.7. The van der Waals surface area contributed by atoms with Crippen molar-refractivity contribution in [3.8, 4) is 6.07 Å². The molecule has 0 aromatic carbocycles. The Labute approximate surface area is 268 Å². The predicted molar refractivity (Wildman–Crippen MR) is 162 cm³/mol. The topological polar surface area (TPSA) is 127 Å². The molecule has 0 radical (unpaired) electrons. The number of carbonyl (C=O) groups excluding carboxylic acids is 4. The van der Waals surface area contributed by atoms with Gasteiger partial charge in [-0.15, -0.1) is 6.54 Å².